The number of rotatable bonds is 5. The lowest BCUT2D eigenvalue weighted by molar-refractivity contribution is 0.0693. The molecule has 0 aliphatic rings. The van der Waals surface area contributed by atoms with Crippen molar-refractivity contribution in [1.82, 2.24) is 0 Å². The van der Waals surface area contributed by atoms with Crippen LogP contribution in [0.1, 0.15) is 68.9 Å². The molecule has 0 aliphatic carbocycles. The Hall–Kier alpha value is -1.51. The van der Waals surface area contributed by atoms with E-state index in [9.17, 15) is 15.0 Å². The van der Waals surface area contributed by atoms with E-state index in [0.717, 1.165) is 24.8 Å². The molecule has 0 atom stereocenters. The molecule has 0 heterocycles. The molecule has 0 aromatic heterocycles. The lowest BCUT2D eigenvalue weighted by atomic mass is 9.83. The minimum Gasteiger partial charge on any atom is -0.507 e. The van der Waals surface area contributed by atoms with E-state index in [2.05, 4.69) is 13.8 Å². The lowest BCUT2D eigenvalue weighted by Crippen LogP contribution is -2.14. The number of phenols is 1. The highest BCUT2D eigenvalue weighted by Crippen LogP contribution is 2.34. The molecule has 0 aliphatic heterocycles. The molecule has 3 nitrogen and oxygen atoms in total. The largest absolute Gasteiger partial charge is 0.507 e. The maximum absolute atomic E-state index is 11.3. The number of carbonyl (C=O) groups is 1. The van der Waals surface area contributed by atoms with Gasteiger partial charge in [0.15, 0.2) is 0 Å². The van der Waals surface area contributed by atoms with Gasteiger partial charge in [-0.2, -0.15) is 0 Å². The SMILES string of the molecule is CC(C)CCCc1cc(C(=O)O)c(O)c(C(C)(C)C)c1. The number of aromatic carboxylic acids is 1. The van der Waals surface area contributed by atoms with Crippen LogP contribution >= 0.6 is 0 Å². The highest BCUT2D eigenvalue weighted by Gasteiger charge is 2.23. The van der Waals surface area contributed by atoms with Crippen molar-refractivity contribution in [2.24, 2.45) is 5.92 Å². The van der Waals surface area contributed by atoms with Gasteiger partial charge in [0.1, 0.15) is 11.3 Å². The topological polar surface area (TPSA) is 57.5 Å². The summed E-state index contributed by atoms with van der Waals surface area (Å²) in [5, 5.41) is 19.4. The van der Waals surface area contributed by atoms with E-state index in [0.29, 0.717) is 11.5 Å². The second kappa shape index (κ2) is 6.29. The molecule has 1 rings (SSSR count). The predicted octanol–water partition coefficient (Wildman–Crippen LogP) is 4.37. The van der Waals surface area contributed by atoms with Gasteiger partial charge in [-0.15, -0.1) is 0 Å². The number of benzene rings is 1. The second-order valence-corrected chi connectivity index (χ2v) is 6.88. The van der Waals surface area contributed by atoms with Crippen LogP contribution in [0, 0.1) is 5.92 Å². The fourth-order valence-corrected chi connectivity index (χ4v) is 2.29. The lowest BCUT2D eigenvalue weighted by Gasteiger charge is -2.22. The average Bonchev–Trinajstić information content (AvgIpc) is 2.28. The molecule has 0 amide bonds. The molecular weight excluding hydrogens is 252 g/mol. The first kappa shape index (κ1) is 16.5. The minimum absolute atomic E-state index is 0.0111. The molecular formula is C17H26O3. The van der Waals surface area contributed by atoms with E-state index in [1.807, 2.05) is 26.8 Å². The van der Waals surface area contributed by atoms with Gasteiger partial charge in [-0.05, 0) is 35.8 Å². The quantitative estimate of drug-likeness (QED) is 0.841. The molecule has 0 bridgehead atoms. The summed E-state index contributed by atoms with van der Waals surface area (Å²) in [5.74, 6) is -0.524. The van der Waals surface area contributed by atoms with E-state index in [1.165, 1.54) is 0 Å². The summed E-state index contributed by atoms with van der Waals surface area (Å²) in [7, 11) is 0. The van der Waals surface area contributed by atoms with Gasteiger partial charge in [-0.25, -0.2) is 4.79 Å². The van der Waals surface area contributed by atoms with Crippen LogP contribution in [-0.2, 0) is 11.8 Å². The van der Waals surface area contributed by atoms with Gasteiger partial charge in [-0.1, -0.05) is 47.1 Å². The summed E-state index contributed by atoms with van der Waals surface area (Å²) in [6, 6.07) is 3.55. The van der Waals surface area contributed by atoms with Gasteiger partial charge in [0, 0.05) is 5.56 Å². The highest BCUT2D eigenvalue weighted by atomic mass is 16.4. The van der Waals surface area contributed by atoms with Crippen molar-refractivity contribution in [1.29, 1.82) is 0 Å². The van der Waals surface area contributed by atoms with Crippen molar-refractivity contribution in [3.63, 3.8) is 0 Å². The normalized spacial score (nSPS) is 11.9. The molecule has 3 heteroatoms. The van der Waals surface area contributed by atoms with Crippen LogP contribution in [-0.4, -0.2) is 16.2 Å². The van der Waals surface area contributed by atoms with Gasteiger partial charge in [0.05, 0.1) is 0 Å². The molecule has 112 valence electrons. The van der Waals surface area contributed by atoms with E-state index >= 15 is 0 Å². The maximum atomic E-state index is 11.3. The molecule has 0 saturated heterocycles. The summed E-state index contributed by atoms with van der Waals surface area (Å²) in [6.07, 6.45) is 3.00. The van der Waals surface area contributed by atoms with Crippen molar-refractivity contribution in [2.75, 3.05) is 0 Å². The third-order valence-electron chi connectivity index (χ3n) is 3.46. The fourth-order valence-electron chi connectivity index (χ4n) is 2.29. The van der Waals surface area contributed by atoms with Gasteiger partial charge >= 0.3 is 5.97 Å². The Morgan fingerprint density at radius 1 is 1.25 bits per heavy atom. The Labute approximate surface area is 121 Å². The Bertz CT molecular complexity index is 482. The van der Waals surface area contributed by atoms with Gasteiger partial charge in [0.25, 0.3) is 0 Å². The Morgan fingerprint density at radius 3 is 2.30 bits per heavy atom. The van der Waals surface area contributed by atoms with Crippen LogP contribution in [0.3, 0.4) is 0 Å². The summed E-state index contributed by atoms with van der Waals surface area (Å²) in [5.41, 5.74) is 1.43. The summed E-state index contributed by atoms with van der Waals surface area (Å²) in [6.45, 7) is 10.3. The first-order valence-corrected chi connectivity index (χ1v) is 7.22. The highest BCUT2D eigenvalue weighted by molar-refractivity contribution is 5.91. The van der Waals surface area contributed by atoms with Gasteiger partial charge in [-0.3, -0.25) is 0 Å². The van der Waals surface area contributed by atoms with Crippen LogP contribution in [0.25, 0.3) is 0 Å². The number of aryl methyl sites for hydroxylation is 1. The zero-order valence-corrected chi connectivity index (χ0v) is 13.2. The van der Waals surface area contributed by atoms with E-state index in [-0.39, 0.29) is 16.7 Å². The Balaban J connectivity index is 3.13. The number of carboxylic acid groups (broad SMARTS) is 1. The third kappa shape index (κ3) is 4.26. The molecule has 0 unspecified atom stereocenters. The predicted molar refractivity (Wildman–Crippen MR) is 81.5 cm³/mol. The number of aromatic hydroxyl groups is 1. The van der Waals surface area contributed by atoms with Crippen molar-refractivity contribution in [3.05, 3.63) is 28.8 Å². The second-order valence-electron chi connectivity index (χ2n) is 6.88. The zero-order chi connectivity index (χ0) is 15.5. The molecule has 0 fully saturated rings. The summed E-state index contributed by atoms with van der Waals surface area (Å²) >= 11 is 0. The molecule has 0 radical (unpaired) electrons. The molecule has 2 N–H and O–H groups in total. The van der Waals surface area contributed by atoms with Crippen molar-refractivity contribution >= 4 is 5.97 Å². The summed E-state index contributed by atoms with van der Waals surface area (Å²) < 4.78 is 0. The van der Waals surface area contributed by atoms with Crippen LogP contribution in [0.2, 0.25) is 0 Å². The van der Waals surface area contributed by atoms with Crippen LogP contribution < -0.4 is 0 Å². The minimum atomic E-state index is -1.07. The zero-order valence-electron chi connectivity index (χ0n) is 13.2. The number of hydrogen-bond acceptors (Lipinski definition) is 2. The van der Waals surface area contributed by atoms with Crippen molar-refractivity contribution in [3.8, 4) is 5.75 Å². The number of hydrogen-bond donors (Lipinski definition) is 2. The monoisotopic (exact) mass is 278 g/mol. The molecule has 20 heavy (non-hydrogen) atoms. The van der Waals surface area contributed by atoms with E-state index < -0.39 is 5.97 Å². The maximum Gasteiger partial charge on any atom is 0.339 e. The standard InChI is InChI=1S/C17H26O3/c1-11(2)7-6-8-12-9-13(16(19)20)15(18)14(10-12)17(3,4)5/h9-11,18H,6-8H2,1-5H3,(H,19,20). The molecule has 0 spiro atoms. The molecule has 1 aromatic carbocycles. The van der Waals surface area contributed by atoms with E-state index in [4.69, 9.17) is 0 Å². The van der Waals surface area contributed by atoms with Crippen molar-refractivity contribution in [2.45, 2.75) is 59.3 Å². The Kier molecular flexibility index (Phi) is 5.21. The fraction of sp³-hybridized carbons (Fsp3) is 0.588. The Morgan fingerprint density at radius 2 is 1.85 bits per heavy atom. The van der Waals surface area contributed by atoms with Gasteiger partial charge in [0.2, 0.25) is 0 Å². The first-order chi connectivity index (χ1) is 9.12. The summed E-state index contributed by atoms with van der Waals surface area (Å²) in [4.78, 5) is 11.3. The molecule has 1 aromatic rings. The smallest absolute Gasteiger partial charge is 0.339 e. The van der Waals surface area contributed by atoms with Crippen LogP contribution in [0.4, 0.5) is 0 Å². The van der Waals surface area contributed by atoms with E-state index in [1.54, 1.807) is 6.07 Å². The first-order valence-electron chi connectivity index (χ1n) is 7.22. The molecule has 0 saturated carbocycles. The average molecular weight is 278 g/mol. The third-order valence-corrected chi connectivity index (χ3v) is 3.46. The van der Waals surface area contributed by atoms with Crippen molar-refractivity contribution < 1.29 is 15.0 Å². The number of carboxylic acids is 1. The van der Waals surface area contributed by atoms with Gasteiger partial charge < -0.3 is 10.2 Å². The van der Waals surface area contributed by atoms with Crippen LogP contribution in [0.15, 0.2) is 12.1 Å². The van der Waals surface area contributed by atoms with Crippen LogP contribution in [0.5, 0.6) is 5.75 Å².